The number of carbonyl (C=O) groups excluding carboxylic acids is 1. The third-order valence-electron chi connectivity index (χ3n) is 0. The summed E-state index contributed by atoms with van der Waals surface area (Å²) in [6.45, 7) is 2.00. The summed E-state index contributed by atoms with van der Waals surface area (Å²) in [5.41, 5.74) is 0. The lowest BCUT2D eigenvalue weighted by Crippen LogP contribution is -1.66. The van der Waals surface area contributed by atoms with E-state index in [4.69, 9.17) is 24.0 Å². The average molecular weight is 128 g/mol. The Bertz CT molecular complexity index is 63.9. The molecule has 0 aliphatic carbocycles. The first-order valence-electron chi connectivity index (χ1n) is 1.07. The van der Waals surface area contributed by atoms with E-state index in [9.17, 15) is 0 Å². The number of hydrogen-bond acceptors (Lipinski definition) is 2. The van der Waals surface area contributed by atoms with Crippen molar-refractivity contribution in [2.24, 2.45) is 0 Å². The van der Waals surface area contributed by atoms with Gasteiger partial charge in [0.05, 0.1) is 0 Å². The molecule has 3 N–H and O–H groups in total. The van der Waals surface area contributed by atoms with Crippen LogP contribution in [0.5, 0.6) is 0 Å². The van der Waals surface area contributed by atoms with Gasteiger partial charge in [-0.25, -0.2) is 4.57 Å². The molecule has 5 nitrogen and oxygen atoms in total. The fourth-order valence-electron chi connectivity index (χ4n) is 0. The normalized spacial score (nSPS) is 9.00. The van der Waals surface area contributed by atoms with E-state index in [1.54, 1.807) is 0 Å². The maximum absolute atomic E-state index is 8.88. The Kier molecular flexibility index (Phi) is 5.60. The van der Waals surface area contributed by atoms with Crippen molar-refractivity contribution in [3.8, 4) is 0 Å². The molecule has 0 bridgehead atoms. The summed E-state index contributed by atoms with van der Waals surface area (Å²) >= 11 is 0. The zero-order valence-electron chi connectivity index (χ0n) is 3.31. The monoisotopic (exact) mass is 128 g/mol. The highest BCUT2D eigenvalue weighted by Gasteiger charge is 2.00. The molecule has 0 amide bonds. The van der Waals surface area contributed by atoms with Crippen LogP contribution in [0.25, 0.3) is 0 Å². The lowest BCUT2D eigenvalue weighted by Gasteiger charge is -1.82. The molecular formula is CH5O5P. The highest BCUT2D eigenvalue weighted by Crippen LogP contribution is 2.25. The van der Waals surface area contributed by atoms with E-state index in [0.717, 1.165) is 0 Å². The van der Waals surface area contributed by atoms with Gasteiger partial charge < -0.3 is 19.5 Å². The van der Waals surface area contributed by atoms with Crippen molar-refractivity contribution >= 4 is 14.6 Å². The molecule has 0 spiro atoms. The Hall–Kier alpha value is -0.220. The molecule has 0 aliphatic rings. The predicted molar refractivity (Wildman–Crippen MR) is 21.4 cm³/mol. The molecule has 0 saturated carbocycles. The lowest BCUT2D eigenvalue weighted by atomic mass is 11.9. The van der Waals surface area contributed by atoms with E-state index in [-0.39, 0.29) is 0 Å². The van der Waals surface area contributed by atoms with Gasteiger partial charge in [-0.05, 0) is 0 Å². The van der Waals surface area contributed by atoms with Gasteiger partial charge in [0.1, 0.15) is 6.79 Å². The van der Waals surface area contributed by atoms with Gasteiger partial charge in [-0.1, -0.05) is 0 Å². The average Bonchev–Trinajstić information content (AvgIpc) is 1.36. The molecule has 0 aliphatic heterocycles. The minimum Gasteiger partial charge on any atom is -0.307 e. The van der Waals surface area contributed by atoms with Gasteiger partial charge in [0.15, 0.2) is 0 Å². The third kappa shape index (κ3) is 1710. The van der Waals surface area contributed by atoms with Crippen molar-refractivity contribution in [3.05, 3.63) is 0 Å². The zero-order valence-corrected chi connectivity index (χ0v) is 4.21. The smallest absolute Gasteiger partial charge is 0.307 e. The third-order valence-corrected chi connectivity index (χ3v) is 0. The first kappa shape index (κ1) is 9.91. The van der Waals surface area contributed by atoms with E-state index in [1.165, 1.54) is 0 Å². The molecule has 0 aromatic heterocycles. The van der Waals surface area contributed by atoms with Gasteiger partial charge in [-0.15, -0.1) is 0 Å². The van der Waals surface area contributed by atoms with Gasteiger partial charge in [0.25, 0.3) is 0 Å². The van der Waals surface area contributed by atoms with Crippen molar-refractivity contribution < 1.29 is 24.0 Å². The van der Waals surface area contributed by atoms with Gasteiger partial charge >= 0.3 is 7.82 Å². The van der Waals surface area contributed by atoms with E-state index in [1.807, 2.05) is 6.79 Å². The van der Waals surface area contributed by atoms with Crippen LogP contribution in [0.3, 0.4) is 0 Å². The van der Waals surface area contributed by atoms with Crippen molar-refractivity contribution in [3.63, 3.8) is 0 Å². The fraction of sp³-hybridized carbons (Fsp3) is 0. The Labute approximate surface area is 39.8 Å². The van der Waals surface area contributed by atoms with Crippen LogP contribution in [0.4, 0.5) is 0 Å². The highest BCUT2D eigenvalue weighted by molar-refractivity contribution is 7.45. The predicted octanol–water partition coefficient (Wildman–Crippen LogP) is -1.11. The van der Waals surface area contributed by atoms with Gasteiger partial charge in [0.2, 0.25) is 0 Å². The largest absolute Gasteiger partial charge is 0.466 e. The molecule has 0 aromatic carbocycles. The van der Waals surface area contributed by atoms with E-state index in [0.29, 0.717) is 0 Å². The second-order valence-corrected chi connectivity index (χ2v) is 1.54. The second kappa shape index (κ2) is 3.95. The second-order valence-electron chi connectivity index (χ2n) is 0.513. The van der Waals surface area contributed by atoms with E-state index < -0.39 is 7.82 Å². The molecule has 0 aromatic rings. The summed E-state index contributed by atoms with van der Waals surface area (Å²) in [5, 5.41) is 0. The summed E-state index contributed by atoms with van der Waals surface area (Å²) in [4.78, 5) is 29.6. The number of rotatable bonds is 0. The molecule has 7 heavy (non-hydrogen) atoms. The molecule has 0 atom stereocenters. The van der Waals surface area contributed by atoms with Crippen LogP contribution >= 0.6 is 7.82 Å². The zero-order chi connectivity index (χ0) is 6.50. The Balaban J connectivity index is 0. The maximum atomic E-state index is 8.88. The van der Waals surface area contributed by atoms with Crippen LogP contribution in [0.15, 0.2) is 0 Å². The summed E-state index contributed by atoms with van der Waals surface area (Å²) < 4.78 is 8.88. The van der Waals surface area contributed by atoms with Crippen molar-refractivity contribution in [1.82, 2.24) is 0 Å². The molecule has 0 rings (SSSR count). The van der Waals surface area contributed by atoms with Crippen LogP contribution < -0.4 is 0 Å². The topological polar surface area (TPSA) is 94.8 Å². The van der Waals surface area contributed by atoms with E-state index in [2.05, 4.69) is 0 Å². The summed E-state index contributed by atoms with van der Waals surface area (Å²) in [7, 11) is -4.64. The Morgan fingerprint density at radius 1 is 1.14 bits per heavy atom. The Morgan fingerprint density at radius 3 is 1.14 bits per heavy atom. The number of phosphoric acid groups is 1. The molecule has 0 heterocycles. The van der Waals surface area contributed by atoms with Crippen LogP contribution in [-0.2, 0) is 9.36 Å². The van der Waals surface area contributed by atoms with Crippen molar-refractivity contribution in [2.75, 3.05) is 0 Å². The molecule has 0 fully saturated rings. The number of carbonyl (C=O) groups is 1. The quantitative estimate of drug-likeness (QED) is 0.359. The molecule has 44 valence electrons. The van der Waals surface area contributed by atoms with Crippen LogP contribution in [0.1, 0.15) is 0 Å². The van der Waals surface area contributed by atoms with Gasteiger partial charge in [-0.3, -0.25) is 0 Å². The first-order valence-corrected chi connectivity index (χ1v) is 2.64. The van der Waals surface area contributed by atoms with Crippen molar-refractivity contribution in [2.45, 2.75) is 0 Å². The summed E-state index contributed by atoms with van der Waals surface area (Å²) in [6, 6.07) is 0. The van der Waals surface area contributed by atoms with Gasteiger partial charge in [-0.2, -0.15) is 0 Å². The molecule has 6 heteroatoms. The first-order chi connectivity index (χ1) is 3.00. The highest BCUT2D eigenvalue weighted by atomic mass is 31.2. The van der Waals surface area contributed by atoms with Crippen LogP contribution in [0, 0.1) is 0 Å². The SMILES string of the molecule is C=O.O=P(O)(O)O. The Morgan fingerprint density at radius 2 is 1.14 bits per heavy atom. The maximum Gasteiger partial charge on any atom is 0.466 e. The summed E-state index contributed by atoms with van der Waals surface area (Å²) in [6.07, 6.45) is 0. The molecule has 0 radical (unpaired) electrons. The number of hydrogen-bond donors (Lipinski definition) is 3. The molecule has 0 unspecified atom stereocenters. The van der Waals surface area contributed by atoms with Crippen LogP contribution in [0.2, 0.25) is 0 Å². The minimum absolute atomic E-state index is 2.00. The summed E-state index contributed by atoms with van der Waals surface area (Å²) in [5.74, 6) is 0. The minimum atomic E-state index is -4.64. The van der Waals surface area contributed by atoms with E-state index >= 15 is 0 Å². The van der Waals surface area contributed by atoms with Crippen LogP contribution in [-0.4, -0.2) is 21.5 Å². The fourth-order valence-corrected chi connectivity index (χ4v) is 0. The standard InChI is InChI=1S/CH2O.H3O4P/c1-2;1-5(2,3)4/h1H2;(H3,1,2,3,4). The molecule has 0 saturated heterocycles. The molecular weight excluding hydrogens is 123 g/mol. The van der Waals surface area contributed by atoms with Gasteiger partial charge in [0, 0.05) is 0 Å². The van der Waals surface area contributed by atoms with Crippen molar-refractivity contribution in [1.29, 1.82) is 0 Å². The lowest BCUT2D eigenvalue weighted by molar-refractivity contribution is -0.0979.